The molecular weight excluding hydrogens is 364 g/mol. The number of aliphatic carboxylic acids is 1. The van der Waals surface area contributed by atoms with Crippen molar-refractivity contribution < 1.29 is 33.8 Å². The number of esters is 1. The fraction of sp³-hybridized carbons (Fsp3) is 0.625. The van der Waals surface area contributed by atoms with E-state index >= 15 is 0 Å². The quantitative estimate of drug-likeness (QED) is 0.350. The van der Waals surface area contributed by atoms with Gasteiger partial charge in [-0.05, 0) is 6.42 Å². The van der Waals surface area contributed by atoms with E-state index in [9.17, 15) is 24.3 Å². The molecule has 0 aromatic heterocycles. The second-order valence-electron chi connectivity index (χ2n) is 5.97. The van der Waals surface area contributed by atoms with Crippen molar-refractivity contribution in [2.75, 3.05) is 19.5 Å². The molecule has 2 aliphatic rings. The average molecular weight is 386 g/mol. The first-order valence-electron chi connectivity index (χ1n) is 8.18. The summed E-state index contributed by atoms with van der Waals surface area (Å²) in [6.45, 7) is 2.96. The van der Waals surface area contributed by atoms with Crippen LogP contribution in [0.2, 0.25) is 0 Å². The first kappa shape index (κ1) is 20.2. The summed E-state index contributed by atoms with van der Waals surface area (Å²) >= 11 is 1.25. The maximum absolute atomic E-state index is 12.7. The molecule has 144 valence electrons. The Morgan fingerprint density at radius 2 is 2.12 bits per heavy atom. The van der Waals surface area contributed by atoms with Crippen LogP contribution in [0.15, 0.2) is 11.3 Å². The molecule has 2 amide bonds. The van der Waals surface area contributed by atoms with Crippen LogP contribution in [0.4, 0.5) is 0 Å². The molecule has 0 aromatic rings. The largest absolute Gasteiger partial charge is 0.477 e. The minimum Gasteiger partial charge on any atom is -0.477 e. The molecule has 9 nitrogen and oxygen atoms in total. The van der Waals surface area contributed by atoms with Crippen molar-refractivity contribution >= 4 is 35.5 Å². The Labute approximate surface area is 155 Å². The number of fused-ring (bicyclic) bond motifs is 1. The summed E-state index contributed by atoms with van der Waals surface area (Å²) < 4.78 is 10.2. The summed E-state index contributed by atoms with van der Waals surface area (Å²) in [5.41, 5.74) is -1.48. The van der Waals surface area contributed by atoms with Gasteiger partial charge in [0.15, 0.2) is 0 Å². The Hall–Kier alpha value is -2.07. The van der Waals surface area contributed by atoms with Gasteiger partial charge in [0, 0.05) is 31.8 Å². The fourth-order valence-corrected chi connectivity index (χ4v) is 4.27. The summed E-state index contributed by atoms with van der Waals surface area (Å²) in [5, 5.41) is 11.4. The lowest BCUT2D eigenvalue weighted by Gasteiger charge is -2.55. The molecule has 0 spiro atoms. The van der Waals surface area contributed by atoms with Crippen LogP contribution in [-0.4, -0.2) is 64.3 Å². The number of unbranched alkanes of at least 4 members (excludes halogenated alkanes) is 1. The number of rotatable bonds is 8. The number of β-lactam (4-membered cyclic amide) rings is 1. The van der Waals surface area contributed by atoms with Gasteiger partial charge in [0.1, 0.15) is 17.7 Å². The van der Waals surface area contributed by atoms with Crippen molar-refractivity contribution in [3.05, 3.63) is 11.3 Å². The molecular formula is C16H22N2O7S. The van der Waals surface area contributed by atoms with Gasteiger partial charge < -0.3 is 19.9 Å². The maximum atomic E-state index is 12.7. The fourth-order valence-electron chi connectivity index (χ4n) is 2.85. The molecule has 2 aliphatic heterocycles. The lowest BCUT2D eigenvalue weighted by molar-refractivity contribution is -0.192. The Bertz CT molecular complexity index is 663. The van der Waals surface area contributed by atoms with Crippen molar-refractivity contribution in [1.82, 2.24) is 10.2 Å². The number of ether oxygens (including phenoxy) is 2. The third-order valence-electron chi connectivity index (χ3n) is 4.17. The van der Waals surface area contributed by atoms with Crippen molar-refractivity contribution in [3.8, 4) is 0 Å². The normalized spacial score (nSPS) is 24.7. The number of hydrogen-bond donors (Lipinski definition) is 2. The summed E-state index contributed by atoms with van der Waals surface area (Å²) in [6.07, 6.45) is 1.76. The third kappa shape index (κ3) is 3.56. The topological polar surface area (TPSA) is 122 Å². The van der Waals surface area contributed by atoms with E-state index in [4.69, 9.17) is 9.47 Å². The number of amides is 2. The number of carboxylic acid groups (broad SMARTS) is 1. The summed E-state index contributed by atoms with van der Waals surface area (Å²) in [6, 6.07) is 0. The Kier molecular flexibility index (Phi) is 6.30. The van der Waals surface area contributed by atoms with Crippen LogP contribution in [0.25, 0.3) is 0 Å². The molecule has 10 heteroatoms. The highest BCUT2D eigenvalue weighted by Crippen LogP contribution is 2.46. The van der Waals surface area contributed by atoms with E-state index in [1.165, 1.54) is 25.8 Å². The van der Waals surface area contributed by atoms with Crippen LogP contribution < -0.4 is 5.32 Å². The van der Waals surface area contributed by atoms with Crippen LogP contribution in [0, 0.1) is 0 Å². The van der Waals surface area contributed by atoms with E-state index < -0.39 is 28.9 Å². The van der Waals surface area contributed by atoms with Crippen LogP contribution >= 0.6 is 11.8 Å². The minimum atomic E-state index is -1.58. The van der Waals surface area contributed by atoms with Gasteiger partial charge in [-0.25, -0.2) is 4.79 Å². The lowest BCUT2D eigenvalue weighted by Crippen LogP contribution is -2.80. The van der Waals surface area contributed by atoms with Gasteiger partial charge in [-0.1, -0.05) is 13.3 Å². The van der Waals surface area contributed by atoms with E-state index in [2.05, 4.69) is 5.32 Å². The summed E-state index contributed by atoms with van der Waals surface area (Å²) in [5.74, 6) is -2.58. The zero-order chi connectivity index (χ0) is 19.5. The number of carboxylic acids is 1. The highest BCUT2D eigenvalue weighted by atomic mass is 32.2. The maximum Gasteiger partial charge on any atom is 0.352 e. The molecule has 0 aliphatic carbocycles. The molecule has 0 radical (unpaired) electrons. The first-order valence-corrected chi connectivity index (χ1v) is 9.23. The molecule has 2 N–H and O–H groups in total. The molecule has 2 rings (SSSR count). The SMILES string of the molecule is CCCCC(=O)N[C@@]1(OC)C(=O)N2C(C(=O)O)=C(COC(C)=O)CS[C@@H]21. The zero-order valence-corrected chi connectivity index (χ0v) is 15.7. The highest BCUT2D eigenvalue weighted by molar-refractivity contribution is 8.00. The Morgan fingerprint density at radius 1 is 1.42 bits per heavy atom. The zero-order valence-electron chi connectivity index (χ0n) is 14.9. The van der Waals surface area contributed by atoms with Crippen LogP contribution in [0.1, 0.15) is 33.1 Å². The number of nitrogens with zero attached hydrogens (tertiary/aromatic N) is 1. The van der Waals surface area contributed by atoms with Gasteiger partial charge in [-0.15, -0.1) is 11.8 Å². The molecule has 0 aromatic carbocycles. The molecule has 0 bridgehead atoms. The smallest absolute Gasteiger partial charge is 0.352 e. The molecule has 0 unspecified atom stereocenters. The molecule has 1 saturated heterocycles. The number of thioether (sulfide) groups is 1. The van der Waals surface area contributed by atoms with Gasteiger partial charge in [-0.2, -0.15) is 0 Å². The Morgan fingerprint density at radius 3 is 2.65 bits per heavy atom. The molecule has 0 saturated carbocycles. The summed E-state index contributed by atoms with van der Waals surface area (Å²) in [7, 11) is 1.30. The number of carbonyl (C=O) groups is 4. The van der Waals surface area contributed by atoms with Crippen LogP contribution in [0.3, 0.4) is 0 Å². The van der Waals surface area contributed by atoms with Gasteiger partial charge in [0.05, 0.1) is 0 Å². The molecule has 26 heavy (non-hydrogen) atoms. The summed E-state index contributed by atoms with van der Waals surface area (Å²) in [4.78, 5) is 48.6. The molecule has 2 atom stereocenters. The van der Waals surface area contributed by atoms with E-state index in [0.29, 0.717) is 12.0 Å². The number of nitrogens with one attached hydrogen (secondary N) is 1. The number of carbonyl (C=O) groups excluding carboxylic acids is 3. The van der Waals surface area contributed by atoms with Gasteiger partial charge in [-0.3, -0.25) is 19.3 Å². The first-order chi connectivity index (χ1) is 12.3. The average Bonchev–Trinajstić information content (AvgIpc) is 2.61. The van der Waals surface area contributed by atoms with Gasteiger partial charge in [0.25, 0.3) is 11.6 Å². The predicted octanol–water partition coefficient (Wildman–Crippen LogP) is 0.452. The predicted molar refractivity (Wildman–Crippen MR) is 91.8 cm³/mol. The van der Waals surface area contributed by atoms with Crippen LogP contribution in [0.5, 0.6) is 0 Å². The van der Waals surface area contributed by atoms with E-state index in [-0.39, 0.29) is 30.4 Å². The second kappa shape index (κ2) is 8.09. The lowest BCUT2D eigenvalue weighted by atomic mass is 9.98. The van der Waals surface area contributed by atoms with Crippen LogP contribution in [-0.2, 0) is 28.7 Å². The number of methoxy groups -OCH3 is 1. The standard InChI is InChI=1S/C16H22N2O7S/c1-4-5-6-11(20)17-16(24-3)14(23)18-12(13(21)22)10(7-25-9(2)19)8-26-15(16)18/h15H,4-8H2,1-3H3,(H,17,20)(H,21,22)/t15-,16-/m1/s1. The monoisotopic (exact) mass is 386 g/mol. The second-order valence-corrected chi connectivity index (χ2v) is 7.04. The third-order valence-corrected chi connectivity index (χ3v) is 5.54. The van der Waals surface area contributed by atoms with Gasteiger partial charge >= 0.3 is 11.9 Å². The van der Waals surface area contributed by atoms with E-state index in [1.54, 1.807) is 0 Å². The molecule has 2 heterocycles. The van der Waals surface area contributed by atoms with Crippen molar-refractivity contribution in [2.45, 2.75) is 44.2 Å². The van der Waals surface area contributed by atoms with Gasteiger partial charge in [0.2, 0.25) is 5.91 Å². The van der Waals surface area contributed by atoms with Crippen molar-refractivity contribution in [1.29, 1.82) is 0 Å². The highest BCUT2D eigenvalue weighted by Gasteiger charge is 2.66. The number of hydrogen-bond acceptors (Lipinski definition) is 7. The van der Waals surface area contributed by atoms with Crippen molar-refractivity contribution in [2.24, 2.45) is 0 Å². The van der Waals surface area contributed by atoms with E-state index in [0.717, 1.165) is 11.3 Å². The Balaban J connectivity index is 2.25. The van der Waals surface area contributed by atoms with E-state index in [1.807, 2.05) is 6.92 Å². The van der Waals surface area contributed by atoms with Crippen molar-refractivity contribution in [3.63, 3.8) is 0 Å². The minimum absolute atomic E-state index is 0.205. The molecule has 1 fully saturated rings.